The van der Waals surface area contributed by atoms with Gasteiger partial charge >= 0.3 is 0 Å². The van der Waals surface area contributed by atoms with Gasteiger partial charge in [0.1, 0.15) is 6.07 Å². The highest BCUT2D eigenvalue weighted by molar-refractivity contribution is 5.61. The number of nitrogens with one attached hydrogen (secondary N) is 1. The van der Waals surface area contributed by atoms with Crippen molar-refractivity contribution in [3.05, 3.63) is 29.3 Å². The summed E-state index contributed by atoms with van der Waals surface area (Å²) in [6, 6.07) is 10.4. The molecular formula is C16H21N3. The van der Waals surface area contributed by atoms with Gasteiger partial charge in [0, 0.05) is 18.1 Å². The molecule has 100 valence electrons. The van der Waals surface area contributed by atoms with Crippen molar-refractivity contribution >= 4 is 5.69 Å². The fourth-order valence-corrected chi connectivity index (χ4v) is 3.69. The van der Waals surface area contributed by atoms with Gasteiger partial charge in [-0.25, -0.2) is 0 Å². The van der Waals surface area contributed by atoms with Crippen molar-refractivity contribution in [2.45, 2.75) is 50.7 Å². The van der Waals surface area contributed by atoms with Crippen LogP contribution in [-0.4, -0.2) is 30.1 Å². The third-order valence-corrected chi connectivity index (χ3v) is 4.84. The zero-order valence-electron chi connectivity index (χ0n) is 11.7. The lowest BCUT2D eigenvalue weighted by molar-refractivity contribution is 0.169. The van der Waals surface area contributed by atoms with Crippen molar-refractivity contribution in [2.75, 3.05) is 12.4 Å². The number of nitriles is 1. The molecule has 1 aromatic rings. The lowest BCUT2D eigenvalue weighted by Crippen LogP contribution is -2.44. The van der Waals surface area contributed by atoms with Crippen molar-refractivity contribution in [3.63, 3.8) is 0 Å². The number of hydrogen-bond donors (Lipinski definition) is 1. The molecule has 3 nitrogen and oxygen atoms in total. The molecule has 1 aromatic carbocycles. The third kappa shape index (κ3) is 2.21. The summed E-state index contributed by atoms with van der Waals surface area (Å²) in [6.45, 7) is 2.00. The van der Waals surface area contributed by atoms with Gasteiger partial charge < -0.3 is 10.2 Å². The van der Waals surface area contributed by atoms with Crippen LogP contribution in [0.2, 0.25) is 0 Å². The Labute approximate surface area is 115 Å². The van der Waals surface area contributed by atoms with E-state index < -0.39 is 0 Å². The molecule has 3 heteroatoms. The Balaban J connectivity index is 1.77. The first-order chi connectivity index (χ1) is 9.19. The van der Waals surface area contributed by atoms with Crippen molar-refractivity contribution in [3.8, 4) is 6.07 Å². The fourth-order valence-electron chi connectivity index (χ4n) is 3.69. The highest BCUT2D eigenvalue weighted by Crippen LogP contribution is 2.35. The van der Waals surface area contributed by atoms with Gasteiger partial charge in [0.15, 0.2) is 0 Å². The monoisotopic (exact) mass is 255 g/mol. The van der Waals surface area contributed by atoms with Crippen molar-refractivity contribution in [1.29, 1.82) is 5.26 Å². The van der Waals surface area contributed by atoms with Gasteiger partial charge in [0.05, 0.1) is 11.3 Å². The Hall–Kier alpha value is -1.53. The molecule has 2 aliphatic rings. The summed E-state index contributed by atoms with van der Waals surface area (Å²) in [5, 5.41) is 12.9. The van der Waals surface area contributed by atoms with Gasteiger partial charge in [-0.15, -0.1) is 0 Å². The Morgan fingerprint density at radius 2 is 1.95 bits per heavy atom. The second-order valence-corrected chi connectivity index (χ2v) is 5.97. The molecule has 1 N–H and O–H groups in total. The van der Waals surface area contributed by atoms with Crippen LogP contribution in [0.3, 0.4) is 0 Å². The van der Waals surface area contributed by atoms with E-state index in [4.69, 9.17) is 0 Å². The molecule has 2 unspecified atom stereocenters. The number of anilines is 1. The molecule has 2 saturated heterocycles. The van der Waals surface area contributed by atoms with Crippen LogP contribution in [0.15, 0.2) is 18.2 Å². The van der Waals surface area contributed by atoms with Gasteiger partial charge in [-0.1, -0.05) is 12.1 Å². The molecule has 0 saturated carbocycles. The van der Waals surface area contributed by atoms with E-state index in [-0.39, 0.29) is 0 Å². The number of nitrogens with zero attached hydrogens (tertiary/aromatic N) is 2. The molecule has 0 aliphatic carbocycles. The SMILES string of the molecule is Cc1cccc(NC2CC3CCC(C2)N3C)c1C#N. The maximum Gasteiger partial charge on any atom is 0.102 e. The standard InChI is InChI=1S/C16H21N3/c1-11-4-3-5-16(15(11)10-17)18-12-8-13-6-7-14(9-12)19(13)2/h3-5,12-14,18H,6-9H2,1-2H3. The maximum absolute atomic E-state index is 9.29. The van der Waals surface area contributed by atoms with Crippen LogP contribution < -0.4 is 5.32 Å². The summed E-state index contributed by atoms with van der Waals surface area (Å²) >= 11 is 0. The van der Waals surface area contributed by atoms with Crippen LogP contribution in [-0.2, 0) is 0 Å². The minimum absolute atomic E-state index is 0.516. The normalized spacial score (nSPS) is 30.1. The van der Waals surface area contributed by atoms with Crippen LogP contribution in [0.4, 0.5) is 5.69 Å². The highest BCUT2D eigenvalue weighted by Gasteiger charge is 2.38. The van der Waals surface area contributed by atoms with E-state index in [1.807, 2.05) is 25.1 Å². The van der Waals surface area contributed by atoms with Gasteiger partial charge in [0.25, 0.3) is 0 Å². The molecule has 3 rings (SSSR count). The number of aryl methyl sites for hydroxylation is 1. The Morgan fingerprint density at radius 1 is 1.26 bits per heavy atom. The van der Waals surface area contributed by atoms with Gasteiger partial charge in [-0.3, -0.25) is 0 Å². The molecule has 2 bridgehead atoms. The van der Waals surface area contributed by atoms with Crippen LogP contribution in [0.5, 0.6) is 0 Å². The zero-order chi connectivity index (χ0) is 13.4. The molecule has 19 heavy (non-hydrogen) atoms. The summed E-state index contributed by atoms with van der Waals surface area (Å²) in [7, 11) is 2.26. The van der Waals surface area contributed by atoms with E-state index in [0.29, 0.717) is 6.04 Å². The second kappa shape index (κ2) is 4.86. The first-order valence-corrected chi connectivity index (χ1v) is 7.17. The molecule has 0 spiro atoms. The first-order valence-electron chi connectivity index (χ1n) is 7.17. The topological polar surface area (TPSA) is 39.1 Å². The minimum atomic E-state index is 0.516. The zero-order valence-corrected chi connectivity index (χ0v) is 11.7. The Bertz CT molecular complexity index is 503. The predicted octanol–water partition coefficient (Wildman–Crippen LogP) is 2.90. The molecule has 2 aliphatic heterocycles. The number of hydrogen-bond acceptors (Lipinski definition) is 3. The smallest absolute Gasteiger partial charge is 0.102 e. The second-order valence-electron chi connectivity index (χ2n) is 5.97. The molecule has 2 atom stereocenters. The van der Waals surface area contributed by atoms with E-state index >= 15 is 0 Å². The highest BCUT2D eigenvalue weighted by atomic mass is 15.2. The fraction of sp³-hybridized carbons (Fsp3) is 0.562. The van der Waals surface area contributed by atoms with Gasteiger partial charge in [-0.2, -0.15) is 5.26 Å². The summed E-state index contributed by atoms with van der Waals surface area (Å²) < 4.78 is 0. The molecule has 2 heterocycles. The summed E-state index contributed by atoms with van der Waals surface area (Å²) in [5.41, 5.74) is 2.87. The van der Waals surface area contributed by atoms with Crippen LogP contribution >= 0.6 is 0 Å². The molecule has 0 aromatic heterocycles. The van der Waals surface area contributed by atoms with E-state index in [0.717, 1.165) is 28.9 Å². The molecule has 0 radical (unpaired) electrons. The van der Waals surface area contributed by atoms with Crippen LogP contribution in [0.1, 0.15) is 36.8 Å². The summed E-state index contributed by atoms with van der Waals surface area (Å²) in [5.74, 6) is 0. The maximum atomic E-state index is 9.29. The van der Waals surface area contributed by atoms with Gasteiger partial charge in [0.2, 0.25) is 0 Å². The van der Waals surface area contributed by atoms with Gasteiger partial charge in [-0.05, 0) is 51.3 Å². The Kier molecular flexibility index (Phi) is 3.20. The first kappa shape index (κ1) is 12.5. The third-order valence-electron chi connectivity index (χ3n) is 4.84. The van der Waals surface area contributed by atoms with E-state index in [2.05, 4.69) is 23.3 Å². The predicted molar refractivity (Wildman–Crippen MR) is 77.1 cm³/mol. The largest absolute Gasteiger partial charge is 0.381 e. The molecular weight excluding hydrogens is 234 g/mol. The van der Waals surface area contributed by atoms with Crippen molar-refractivity contribution < 1.29 is 0 Å². The van der Waals surface area contributed by atoms with Crippen molar-refractivity contribution in [2.24, 2.45) is 0 Å². The average Bonchev–Trinajstić information content (AvgIpc) is 2.63. The average molecular weight is 255 g/mol. The summed E-state index contributed by atoms with van der Waals surface area (Å²) in [6.07, 6.45) is 5.06. The van der Waals surface area contributed by atoms with Crippen molar-refractivity contribution in [1.82, 2.24) is 4.90 Å². The van der Waals surface area contributed by atoms with Crippen LogP contribution in [0.25, 0.3) is 0 Å². The van der Waals surface area contributed by atoms with Crippen LogP contribution in [0, 0.1) is 18.3 Å². The van der Waals surface area contributed by atoms with E-state index in [1.54, 1.807) is 0 Å². The molecule has 0 amide bonds. The van der Waals surface area contributed by atoms with E-state index in [1.165, 1.54) is 25.7 Å². The molecule has 2 fully saturated rings. The number of fused-ring (bicyclic) bond motifs is 2. The number of rotatable bonds is 2. The lowest BCUT2D eigenvalue weighted by atomic mass is 9.97. The van der Waals surface area contributed by atoms with E-state index in [9.17, 15) is 5.26 Å². The summed E-state index contributed by atoms with van der Waals surface area (Å²) in [4.78, 5) is 2.54. The number of benzene rings is 1. The Morgan fingerprint density at radius 3 is 2.58 bits per heavy atom. The quantitative estimate of drug-likeness (QED) is 0.883. The lowest BCUT2D eigenvalue weighted by Gasteiger charge is -2.37. The number of piperidine rings is 1. The minimum Gasteiger partial charge on any atom is -0.381 e.